The van der Waals surface area contributed by atoms with Crippen molar-refractivity contribution in [2.45, 2.75) is 32.7 Å². The average Bonchev–Trinajstić information content (AvgIpc) is 3.03. The lowest BCUT2D eigenvalue weighted by atomic mass is 9.93. The molecule has 142 valence electrons. The van der Waals surface area contributed by atoms with Gasteiger partial charge in [-0.1, -0.05) is 6.92 Å². The second-order valence-corrected chi connectivity index (χ2v) is 7.10. The number of piperidine rings is 1. The second-order valence-electron chi connectivity index (χ2n) is 7.10. The van der Waals surface area contributed by atoms with Crippen LogP contribution in [0.25, 0.3) is 11.0 Å². The Bertz CT molecular complexity index is 739. The number of urea groups is 1. The Balaban J connectivity index is 1.42. The van der Waals surface area contributed by atoms with Crippen molar-refractivity contribution in [1.82, 2.24) is 25.1 Å². The fourth-order valence-electron chi connectivity index (χ4n) is 3.52. The van der Waals surface area contributed by atoms with Crippen molar-refractivity contribution in [3.05, 3.63) is 29.8 Å². The summed E-state index contributed by atoms with van der Waals surface area (Å²) in [7, 11) is 1.74. The number of amides is 2. The van der Waals surface area contributed by atoms with E-state index < -0.39 is 0 Å². The Hall–Kier alpha value is -2.15. The molecule has 0 radical (unpaired) electrons. The number of fused-ring (bicyclic) bond motifs is 1. The van der Waals surface area contributed by atoms with Crippen LogP contribution in [0.4, 0.5) is 9.18 Å². The molecule has 0 unspecified atom stereocenters. The molecule has 2 aromatic rings. The van der Waals surface area contributed by atoms with Crippen LogP contribution in [-0.4, -0.2) is 59.0 Å². The highest BCUT2D eigenvalue weighted by atomic mass is 19.1. The number of rotatable bonds is 6. The molecule has 6 nitrogen and oxygen atoms in total. The van der Waals surface area contributed by atoms with Crippen LogP contribution < -0.4 is 5.32 Å². The van der Waals surface area contributed by atoms with Crippen LogP contribution in [0.1, 0.15) is 32.0 Å². The van der Waals surface area contributed by atoms with Crippen LogP contribution in [0.2, 0.25) is 0 Å². The number of halogens is 1. The zero-order valence-corrected chi connectivity index (χ0v) is 15.6. The molecule has 0 saturated carbocycles. The van der Waals surface area contributed by atoms with Crippen molar-refractivity contribution in [3.8, 4) is 0 Å². The maximum Gasteiger partial charge on any atom is 0.317 e. The lowest BCUT2D eigenvalue weighted by molar-refractivity contribution is 0.183. The first-order valence-electron chi connectivity index (χ1n) is 9.40. The van der Waals surface area contributed by atoms with E-state index in [0.29, 0.717) is 35.9 Å². The van der Waals surface area contributed by atoms with Crippen LogP contribution in [0.3, 0.4) is 0 Å². The summed E-state index contributed by atoms with van der Waals surface area (Å²) < 4.78 is 13.2. The van der Waals surface area contributed by atoms with E-state index in [-0.39, 0.29) is 11.8 Å². The second kappa shape index (κ2) is 8.49. The van der Waals surface area contributed by atoms with Gasteiger partial charge in [0.2, 0.25) is 0 Å². The zero-order chi connectivity index (χ0) is 18.5. The van der Waals surface area contributed by atoms with Gasteiger partial charge in [0.05, 0.1) is 17.6 Å². The minimum atomic E-state index is -0.302. The van der Waals surface area contributed by atoms with E-state index in [4.69, 9.17) is 0 Å². The van der Waals surface area contributed by atoms with Crippen molar-refractivity contribution < 1.29 is 9.18 Å². The molecule has 1 aliphatic rings. The normalized spacial score (nSPS) is 16.1. The molecule has 1 saturated heterocycles. The van der Waals surface area contributed by atoms with Gasteiger partial charge in [0.25, 0.3) is 0 Å². The third kappa shape index (κ3) is 4.72. The Morgan fingerprint density at radius 3 is 2.92 bits per heavy atom. The van der Waals surface area contributed by atoms with Gasteiger partial charge in [-0.15, -0.1) is 0 Å². The number of aromatic nitrogens is 2. The third-order valence-corrected chi connectivity index (χ3v) is 5.21. The van der Waals surface area contributed by atoms with Crippen molar-refractivity contribution >= 4 is 17.1 Å². The topological polar surface area (TPSA) is 64.3 Å². The summed E-state index contributed by atoms with van der Waals surface area (Å²) in [6.07, 6.45) is 3.46. The summed E-state index contributed by atoms with van der Waals surface area (Å²) in [6, 6.07) is 4.32. The van der Waals surface area contributed by atoms with Gasteiger partial charge in [-0.2, -0.15) is 0 Å². The van der Waals surface area contributed by atoms with Crippen LogP contribution in [0.5, 0.6) is 0 Å². The monoisotopic (exact) mass is 361 g/mol. The Morgan fingerprint density at radius 2 is 2.19 bits per heavy atom. The van der Waals surface area contributed by atoms with E-state index in [0.717, 1.165) is 13.0 Å². The number of nitrogens with zero attached hydrogens (tertiary/aromatic N) is 3. The molecule has 2 heterocycles. The van der Waals surface area contributed by atoms with Crippen molar-refractivity contribution in [2.75, 3.05) is 33.2 Å². The molecule has 1 fully saturated rings. The van der Waals surface area contributed by atoms with Gasteiger partial charge in [-0.05, 0) is 63.0 Å². The summed E-state index contributed by atoms with van der Waals surface area (Å²) in [5.41, 5.74) is 1.35. The fourth-order valence-corrected chi connectivity index (χ4v) is 3.52. The maximum atomic E-state index is 13.2. The molecule has 0 spiro atoms. The summed E-state index contributed by atoms with van der Waals surface area (Å²) in [5.74, 6) is 1.05. The first-order valence-corrected chi connectivity index (χ1v) is 9.40. The Kier molecular flexibility index (Phi) is 6.08. The van der Waals surface area contributed by atoms with Crippen LogP contribution >= 0.6 is 0 Å². The maximum absolute atomic E-state index is 13.2. The summed E-state index contributed by atoms with van der Waals surface area (Å²) in [5, 5.41) is 2.99. The van der Waals surface area contributed by atoms with Crippen LogP contribution in [-0.2, 0) is 6.54 Å². The van der Waals surface area contributed by atoms with E-state index in [1.807, 2.05) is 0 Å². The average molecular weight is 361 g/mol. The molecule has 0 aliphatic carbocycles. The van der Waals surface area contributed by atoms with Gasteiger partial charge in [0.15, 0.2) is 0 Å². The highest BCUT2D eigenvalue weighted by molar-refractivity contribution is 5.76. The highest BCUT2D eigenvalue weighted by Gasteiger charge is 2.18. The molecule has 0 atom stereocenters. The number of nitrogens with one attached hydrogen (secondary N) is 2. The SMILES string of the molecule is CCN1CCC(CCNC(=O)N(C)Cc2nc3ccc(F)cc3[nH]2)CC1. The lowest BCUT2D eigenvalue weighted by Gasteiger charge is -2.31. The molecule has 1 aromatic carbocycles. The number of aromatic amines is 1. The van der Waals surface area contributed by atoms with Gasteiger partial charge >= 0.3 is 6.03 Å². The van der Waals surface area contributed by atoms with E-state index in [9.17, 15) is 9.18 Å². The predicted molar refractivity (Wildman–Crippen MR) is 100 cm³/mol. The number of likely N-dealkylation sites (tertiary alicyclic amines) is 1. The number of imidazole rings is 1. The molecule has 0 bridgehead atoms. The summed E-state index contributed by atoms with van der Waals surface area (Å²) in [4.78, 5) is 23.8. The minimum absolute atomic E-state index is 0.109. The Morgan fingerprint density at radius 1 is 1.42 bits per heavy atom. The van der Waals surface area contributed by atoms with Gasteiger partial charge in [0.1, 0.15) is 11.6 Å². The molecule has 2 N–H and O–H groups in total. The summed E-state index contributed by atoms with van der Waals surface area (Å²) in [6.45, 7) is 6.73. The van der Waals surface area contributed by atoms with Gasteiger partial charge < -0.3 is 20.1 Å². The van der Waals surface area contributed by atoms with Crippen LogP contribution in [0, 0.1) is 11.7 Å². The minimum Gasteiger partial charge on any atom is -0.340 e. The molecular formula is C19H28FN5O. The van der Waals surface area contributed by atoms with E-state index in [1.54, 1.807) is 18.0 Å². The number of hydrogen-bond donors (Lipinski definition) is 2. The first kappa shape index (κ1) is 18.6. The molecule has 3 rings (SSSR count). The molecule has 2 amide bonds. The van der Waals surface area contributed by atoms with E-state index in [2.05, 4.69) is 27.1 Å². The molecule has 7 heteroatoms. The lowest BCUT2D eigenvalue weighted by Crippen LogP contribution is -2.39. The highest BCUT2D eigenvalue weighted by Crippen LogP contribution is 2.19. The number of carbonyl (C=O) groups is 1. The van der Waals surface area contributed by atoms with Crippen molar-refractivity contribution in [2.24, 2.45) is 5.92 Å². The zero-order valence-electron chi connectivity index (χ0n) is 15.6. The third-order valence-electron chi connectivity index (χ3n) is 5.21. The van der Waals surface area contributed by atoms with Gasteiger partial charge in [-0.3, -0.25) is 0 Å². The number of hydrogen-bond acceptors (Lipinski definition) is 3. The number of carbonyl (C=O) groups excluding carboxylic acids is 1. The predicted octanol–water partition coefficient (Wildman–Crippen LogP) is 2.97. The fraction of sp³-hybridized carbons (Fsp3) is 0.579. The van der Waals surface area contributed by atoms with E-state index >= 15 is 0 Å². The summed E-state index contributed by atoms with van der Waals surface area (Å²) >= 11 is 0. The molecule has 1 aliphatic heterocycles. The first-order chi connectivity index (χ1) is 12.5. The number of benzene rings is 1. The standard InChI is InChI=1S/C19H28FN5O/c1-3-25-10-7-14(8-11-25)6-9-21-19(26)24(2)13-18-22-16-5-4-15(20)12-17(16)23-18/h4-5,12,14H,3,6-11,13H2,1-2H3,(H,21,26)(H,22,23). The quantitative estimate of drug-likeness (QED) is 0.831. The van der Waals surface area contributed by atoms with Crippen molar-refractivity contribution in [3.63, 3.8) is 0 Å². The van der Waals surface area contributed by atoms with Gasteiger partial charge in [-0.25, -0.2) is 14.2 Å². The molecule has 1 aromatic heterocycles. The Labute approximate surface area is 153 Å². The molecular weight excluding hydrogens is 333 g/mol. The molecule has 26 heavy (non-hydrogen) atoms. The number of H-pyrrole nitrogens is 1. The van der Waals surface area contributed by atoms with Gasteiger partial charge in [0, 0.05) is 13.6 Å². The largest absolute Gasteiger partial charge is 0.340 e. The smallest absolute Gasteiger partial charge is 0.317 e. The van der Waals surface area contributed by atoms with E-state index in [1.165, 1.54) is 38.1 Å². The van der Waals surface area contributed by atoms with Crippen LogP contribution in [0.15, 0.2) is 18.2 Å². The van der Waals surface area contributed by atoms with Crippen molar-refractivity contribution in [1.29, 1.82) is 0 Å².